The van der Waals surface area contributed by atoms with Crippen LogP contribution in [0.3, 0.4) is 0 Å². The Kier molecular flexibility index (Phi) is 7.36. The van der Waals surface area contributed by atoms with E-state index in [0.29, 0.717) is 11.5 Å². The summed E-state index contributed by atoms with van der Waals surface area (Å²) in [7, 11) is 4.07. The standard InChI is InChI=1S/C26H38N6O2/c1-26(2,3)30-23(33)17-32(5)25-20-10-8-11-21(20)28-24(29-25)22-15-18(12-13-27-22)34-19-9-6-7-14-31(4)16-19/h12-13,15,19H,6-11,14,16-17H2,1-5H3,(H,30,33)/t19-/m1/s1. The third-order valence-electron chi connectivity index (χ3n) is 6.26. The third-order valence-corrected chi connectivity index (χ3v) is 6.26. The Labute approximate surface area is 203 Å². The number of nitrogens with one attached hydrogen (secondary N) is 1. The van der Waals surface area contributed by atoms with Crippen LogP contribution in [0, 0.1) is 0 Å². The molecule has 2 aliphatic rings. The first-order chi connectivity index (χ1) is 16.2. The number of carbonyl (C=O) groups excluding carboxylic acids is 1. The molecule has 184 valence electrons. The van der Waals surface area contributed by atoms with E-state index in [0.717, 1.165) is 61.6 Å². The van der Waals surface area contributed by atoms with Gasteiger partial charge in [-0.15, -0.1) is 0 Å². The van der Waals surface area contributed by atoms with Gasteiger partial charge in [-0.25, -0.2) is 9.97 Å². The Balaban J connectivity index is 1.56. The Bertz CT molecular complexity index is 1020. The quantitative estimate of drug-likeness (QED) is 0.700. The Morgan fingerprint density at radius 1 is 1.24 bits per heavy atom. The minimum absolute atomic E-state index is 0.0243. The van der Waals surface area contributed by atoms with Gasteiger partial charge < -0.3 is 19.9 Å². The molecule has 4 rings (SSSR count). The Morgan fingerprint density at radius 2 is 2.06 bits per heavy atom. The van der Waals surface area contributed by atoms with Gasteiger partial charge in [0.25, 0.3) is 0 Å². The van der Waals surface area contributed by atoms with Crippen LogP contribution in [0.1, 0.15) is 57.7 Å². The van der Waals surface area contributed by atoms with Crippen molar-refractivity contribution in [3.05, 3.63) is 29.6 Å². The highest BCUT2D eigenvalue weighted by Crippen LogP contribution is 2.31. The second kappa shape index (κ2) is 10.3. The van der Waals surface area contributed by atoms with Crippen LogP contribution in [0.5, 0.6) is 5.75 Å². The monoisotopic (exact) mass is 466 g/mol. The molecule has 1 N–H and O–H groups in total. The van der Waals surface area contributed by atoms with Crippen LogP contribution in [0.4, 0.5) is 5.82 Å². The summed E-state index contributed by atoms with van der Waals surface area (Å²) in [5.41, 5.74) is 2.63. The lowest BCUT2D eigenvalue weighted by Gasteiger charge is -2.25. The minimum atomic E-state index is -0.271. The zero-order valence-electron chi connectivity index (χ0n) is 21.2. The predicted octanol–water partition coefficient (Wildman–Crippen LogP) is 3.24. The van der Waals surface area contributed by atoms with Gasteiger partial charge in [0.1, 0.15) is 23.4 Å². The molecular formula is C26H38N6O2. The molecular weight excluding hydrogens is 428 g/mol. The van der Waals surface area contributed by atoms with Gasteiger partial charge in [0.05, 0.1) is 6.54 Å². The fourth-order valence-corrected chi connectivity index (χ4v) is 4.77. The fraction of sp³-hybridized carbons (Fsp3) is 0.615. The topological polar surface area (TPSA) is 83.5 Å². The van der Waals surface area contributed by atoms with Crippen LogP contribution in [0.15, 0.2) is 18.3 Å². The molecule has 8 heteroatoms. The van der Waals surface area contributed by atoms with Gasteiger partial charge in [0, 0.05) is 42.7 Å². The first-order valence-electron chi connectivity index (χ1n) is 12.4. The lowest BCUT2D eigenvalue weighted by Crippen LogP contribution is -2.45. The number of hydrogen-bond acceptors (Lipinski definition) is 7. The van der Waals surface area contributed by atoms with E-state index in [9.17, 15) is 4.79 Å². The summed E-state index contributed by atoms with van der Waals surface area (Å²) >= 11 is 0. The van der Waals surface area contributed by atoms with Crippen molar-refractivity contribution >= 4 is 11.7 Å². The van der Waals surface area contributed by atoms with Gasteiger partial charge in [-0.2, -0.15) is 0 Å². The first-order valence-corrected chi connectivity index (χ1v) is 12.4. The van der Waals surface area contributed by atoms with Crippen LogP contribution < -0.4 is 15.0 Å². The predicted molar refractivity (Wildman–Crippen MR) is 134 cm³/mol. The second-order valence-electron chi connectivity index (χ2n) is 10.7. The molecule has 2 aromatic heterocycles. The van der Waals surface area contributed by atoms with E-state index in [4.69, 9.17) is 14.7 Å². The molecule has 2 aromatic rings. The lowest BCUT2D eigenvalue weighted by molar-refractivity contribution is -0.121. The maximum atomic E-state index is 12.6. The molecule has 0 aromatic carbocycles. The summed E-state index contributed by atoms with van der Waals surface area (Å²) in [6.07, 6.45) is 8.29. The number of hydrogen-bond donors (Lipinski definition) is 1. The average Bonchev–Trinajstić information content (AvgIpc) is 3.14. The number of carbonyl (C=O) groups is 1. The molecule has 0 saturated carbocycles. The third kappa shape index (κ3) is 6.23. The molecule has 0 bridgehead atoms. The maximum absolute atomic E-state index is 12.6. The number of anilines is 1. The van der Waals surface area contributed by atoms with E-state index in [1.165, 1.54) is 12.8 Å². The zero-order valence-corrected chi connectivity index (χ0v) is 21.2. The molecule has 8 nitrogen and oxygen atoms in total. The summed E-state index contributed by atoms with van der Waals surface area (Å²) in [5, 5.41) is 3.03. The largest absolute Gasteiger partial charge is 0.489 e. The number of ether oxygens (including phenoxy) is 1. The highest BCUT2D eigenvalue weighted by atomic mass is 16.5. The Morgan fingerprint density at radius 3 is 2.85 bits per heavy atom. The minimum Gasteiger partial charge on any atom is -0.489 e. The van der Waals surface area contributed by atoms with Crippen LogP contribution in [0.2, 0.25) is 0 Å². The number of rotatable bonds is 6. The van der Waals surface area contributed by atoms with E-state index in [2.05, 4.69) is 22.2 Å². The number of amides is 1. The van der Waals surface area contributed by atoms with Crippen molar-refractivity contribution in [3.8, 4) is 17.3 Å². The molecule has 0 spiro atoms. The Hall–Kier alpha value is -2.74. The van der Waals surface area contributed by atoms with Crippen molar-refractivity contribution in [1.29, 1.82) is 0 Å². The van der Waals surface area contributed by atoms with E-state index in [1.54, 1.807) is 6.20 Å². The highest BCUT2D eigenvalue weighted by molar-refractivity contribution is 5.82. The average molecular weight is 467 g/mol. The van der Waals surface area contributed by atoms with Crippen LogP contribution in [-0.4, -0.2) is 71.1 Å². The summed E-state index contributed by atoms with van der Waals surface area (Å²) < 4.78 is 6.34. The molecule has 1 atom stereocenters. The van der Waals surface area contributed by atoms with E-state index in [1.807, 2.05) is 44.9 Å². The van der Waals surface area contributed by atoms with Crippen molar-refractivity contribution in [2.24, 2.45) is 0 Å². The number of likely N-dealkylation sites (tertiary alicyclic amines) is 1. The number of nitrogens with zero attached hydrogens (tertiary/aromatic N) is 5. The first kappa shape index (κ1) is 24.4. The molecule has 0 unspecified atom stereocenters. The van der Waals surface area contributed by atoms with Crippen LogP contribution in [0.25, 0.3) is 11.5 Å². The number of pyridine rings is 1. The van der Waals surface area contributed by atoms with Crippen molar-refractivity contribution in [2.75, 3.05) is 38.6 Å². The van der Waals surface area contributed by atoms with Gasteiger partial charge in [-0.05, 0) is 79.0 Å². The number of likely N-dealkylation sites (N-methyl/N-ethyl adjacent to an activating group) is 2. The van der Waals surface area contributed by atoms with Crippen molar-refractivity contribution in [3.63, 3.8) is 0 Å². The molecule has 1 saturated heterocycles. The molecule has 34 heavy (non-hydrogen) atoms. The van der Waals surface area contributed by atoms with Crippen LogP contribution >= 0.6 is 0 Å². The van der Waals surface area contributed by atoms with E-state index < -0.39 is 0 Å². The van der Waals surface area contributed by atoms with Crippen molar-refractivity contribution in [1.82, 2.24) is 25.2 Å². The number of fused-ring (bicyclic) bond motifs is 1. The van der Waals surface area contributed by atoms with Gasteiger partial charge in [-0.3, -0.25) is 9.78 Å². The van der Waals surface area contributed by atoms with Gasteiger partial charge in [0.2, 0.25) is 5.91 Å². The van der Waals surface area contributed by atoms with Gasteiger partial charge >= 0.3 is 0 Å². The smallest absolute Gasteiger partial charge is 0.239 e. The van der Waals surface area contributed by atoms with Crippen molar-refractivity contribution in [2.45, 2.75) is 70.9 Å². The van der Waals surface area contributed by atoms with Crippen molar-refractivity contribution < 1.29 is 9.53 Å². The summed E-state index contributed by atoms with van der Waals surface area (Å²) in [6.45, 7) is 8.25. The normalized spacial score (nSPS) is 18.8. The molecule has 1 amide bonds. The van der Waals surface area contributed by atoms with Gasteiger partial charge in [0.15, 0.2) is 5.82 Å². The fourth-order valence-electron chi connectivity index (χ4n) is 4.77. The SMILES string of the molecule is CN1CCCC[C@@H](Oc2ccnc(-c3nc4c(c(N(C)CC(=O)NC(C)(C)C)n3)CCC4)c2)C1. The van der Waals surface area contributed by atoms with Crippen LogP contribution in [-0.2, 0) is 17.6 Å². The zero-order chi connectivity index (χ0) is 24.3. The molecule has 1 aliphatic carbocycles. The highest BCUT2D eigenvalue weighted by Gasteiger charge is 2.25. The number of aryl methyl sites for hydroxylation is 1. The summed E-state index contributed by atoms with van der Waals surface area (Å²) in [6, 6.07) is 3.85. The maximum Gasteiger partial charge on any atom is 0.239 e. The van der Waals surface area contributed by atoms with Gasteiger partial charge in [-0.1, -0.05) is 0 Å². The van der Waals surface area contributed by atoms with E-state index >= 15 is 0 Å². The number of aromatic nitrogens is 3. The molecule has 3 heterocycles. The summed E-state index contributed by atoms with van der Waals surface area (Å²) in [5.74, 6) is 2.18. The molecule has 0 radical (unpaired) electrons. The molecule has 1 aliphatic heterocycles. The lowest BCUT2D eigenvalue weighted by atomic mass is 10.1. The second-order valence-corrected chi connectivity index (χ2v) is 10.7. The summed E-state index contributed by atoms with van der Waals surface area (Å²) in [4.78, 5) is 31.1. The molecule has 1 fully saturated rings. The van der Waals surface area contributed by atoms with E-state index in [-0.39, 0.29) is 24.1 Å².